The van der Waals surface area contributed by atoms with Crippen LogP contribution in [0.5, 0.6) is 0 Å². The monoisotopic (exact) mass is 267 g/mol. The number of fused-ring (bicyclic) bond motifs is 1. The first-order chi connectivity index (χ1) is 8.24. The molecule has 0 atom stereocenters. The van der Waals surface area contributed by atoms with E-state index in [2.05, 4.69) is 15.6 Å². The van der Waals surface area contributed by atoms with Gasteiger partial charge in [0.2, 0.25) is 0 Å². The topological polar surface area (TPSA) is 54.0 Å². The third-order valence-electron chi connectivity index (χ3n) is 2.16. The number of carbonyl (C=O) groups is 1. The molecule has 6 heteroatoms. The highest BCUT2D eigenvalue weighted by atomic mass is 32.2. The summed E-state index contributed by atoms with van der Waals surface area (Å²) in [7, 11) is 0. The number of rotatable bonds is 3. The first-order valence-corrected chi connectivity index (χ1v) is 7.27. The second-order valence-electron chi connectivity index (χ2n) is 3.31. The minimum Gasteiger partial charge on any atom is -0.338 e. The van der Waals surface area contributed by atoms with Crippen molar-refractivity contribution in [2.24, 2.45) is 0 Å². The van der Waals surface area contributed by atoms with E-state index in [0.717, 1.165) is 15.1 Å². The van der Waals surface area contributed by atoms with E-state index in [1.807, 2.05) is 31.4 Å². The number of amides is 2. The zero-order chi connectivity index (χ0) is 12.3. The molecule has 1 heterocycles. The Bertz CT molecular complexity index is 538. The third-order valence-corrected chi connectivity index (χ3v) is 3.86. The molecule has 2 aromatic rings. The van der Waals surface area contributed by atoms with Gasteiger partial charge in [-0.05, 0) is 25.3 Å². The number of urea groups is 1. The highest BCUT2D eigenvalue weighted by Crippen LogP contribution is 2.32. The van der Waals surface area contributed by atoms with E-state index in [4.69, 9.17) is 0 Å². The molecule has 2 N–H and O–H groups in total. The highest BCUT2D eigenvalue weighted by molar-refractivity contribution is 7.98. The molecule has 2 rings (SSSR count). The summed E-state index contributed by atoms with van der Waals surface area (Å²) in [6.07, 6.45) is 2.02. The summed E-state index contributed by atoms with van der Waals surface area (Å²) in [5.41, 5.74) is 0.955. The quantitative estimate of drug-likeness (QED) is 0.840. The summed E-state index contributed by atoms with van der Waals surface area (Å²) in [6.45, 7) is 2.48. The van der Waals surface area contributed by atoms with E-state index >= 15 is 0 Å². The van der Waals surface area contributed by atoms with Crippen LogP contribution in [0.2, 0.25) is 0 Å². The van der Waals surface area contributed by atoms with Crippen LogP contribution in [0.3, 0.4) is 0 Å². The van der Waals surface area contributed by atoms with Crippen LogP contribution in [0, 0.1) is 0 Å². The Kier molecular flexibility index (Phi) is 3.86. The van der Waals surface area contributed by atoms with Gasteiger partial charge in [-0.25, -0.2) is 9.78 Å². The van der Waals surface area contributed by atoms with Crippen molar-refractivity contribution in [3.05, 3.63) is 18.2 Å². The first-order valence-electron chi connectivity index (χ1n) is 5.23. The molecule has 4 nitrogen and oxygen atoms in total. The van der Waals surface area contributed by atoms with Gasteiger partial charge in [-0.1, -0.05) is 17.4 Å². The number of nitrogens with zero attached hydrogens (tertiary/aromatic N) is 1. The standard InChI is InChI=1S/C11H13N3OS2/c1-3-12-10(15)14-11-13-9-7(16-2)5-4-6-8(9)17-11/h4-6H,3H2,1-2H3,(H2,12,13,14,15). The summed E-state index contributed by atoms with van der Waals surface area (Å²) in [4.78, 5) is 16.9. The number of anilines is 1. The molecular formula is C11H13N3OS2. The van der Waals surface area contributed by atoms with Gasteiger partial charge in [-0.2, -0.15) is 0 Å². The van der Waals surface area contributed by atoms with E-state index in [-0.39, 0.29) is 6.03 Å². The highest BCUT2D eigenvalue weighted by Gasteiger charge is 2.09. The average Bonchev–Trinajstić information content (AvgIpc) is 2.70. The summed E-state index contributed by atoms with van der Waals surface area (Å²) in [5.74, 6) is 0. The molecule has 0 bridgehead atoms. The maximum Gasteiger partial charge on any atom is 0.321 e. The number of benzene rings is 1. The Labute approximate surface area is 108 Å². The number of thiazole rings is 1. The van der Waals surface area contributed by atoms with Crippen LogP contribution in [-0.2, 0) is 0 Å². The summed E-state index contributed by atoms with van der Waals surface area (Å²) >= 11 is 3.14. The first kappa shape index (κ1) is 12.2. The Hall–Kier alpha value is -1.27. The van der Waals surface area contributed by atoms with E-state index in [1.165, 1.54) is 11.3 Å². The molecule has 0 fully saturated rings. The predicted octanol–water partition coefficient (Wildman–Crippen LogP) is 3.16. The van der Waals surface area contributed by atoms with Crippen molar-refractivity contribution in [2.75, 3.05) is 18.1 Å². The molecule has 0 saturated heterocycles. The lowest BCUT2D eigenvalue weighted by atomic mass is 10.3. The fourth-order valence-corrected chi connectivity index (χ4v) is 2.96. The molecule has 0 saturated carbocycles. The van der Waals surface area contributed by atoms with Gasteiger partial charge in [0.05, 0.1) is 10.2 Å². The largest absolute Gasteiger partial charge is 0.338 e. The van der Waals surface area contributed by atoms with Gasteiger partial charge in [0.25, 0.3) is 0 Å². The van der Waals surface area contributed by atoms with Gasteiger partial charge in [-0.15, -0.1) is 11.8 Å². The number of carbonyl (C=O) groups excluding carboxylic acids is 1. The minimum atomic E-state index is -0.211. The Balaban J connectivity index is 2.28. The molecule has 0 aliphatic rings. The molecule has 1 aromatic heterocycles. The van der Waals surface area contributed by atoms with Crippen LogP contribution >= 0.6 is 23.1 Å². The lowest BCUT2D eigenvalue weighted by Crippen LogP contribution is -2.28. The molecule has 17 heavy (non-hydrogen) atoms. The van der Waals surface area contributed by atoms with Crippen LogP contribution in [0.1, 0.15) is 6.92 Å². The second-order valence-corrected chi connectivity index (χ2v) is 5.19. The van der Waals surface area contributed by atoms with Gasteiger partial charge >= 0.3 is 6.03 Å². The van der Waals surface area contributed by atoms with E-state index < -0.39 is 0 Å². The van der Waals surface area contributed by atoms with Crippen molar-refractivity contribution < 1.29 is 4.79 Å². The van der Waals surface area contributed by atoms with Crippen LogP contribution < -0.4 is 10.6 Å². The summed E-state index contributed by atoms with van der Waals surface area (Å²) in [5, 5.41) is 6.04. The van der Waals surface area contributed by atoms with Gasteiger partial charge in [0, 0.05) is 11.4 Å². The zero-order valence-electron chi connectivity index (χ0n) is 9.61. The SMILES string of the molecule is CCNC(=O)Nc1nc2c(SC)cccc2s1. The lowest BCUT2D eigenvalue weighted by molar-refractivity contribution is 0.252. The molecule has 1 aromatic carbocycles. The van der Waals surface area contributed by atoms with Gasteiger partial charge < -0.3 is 5.32 Å². The number of aromatic nitrogens is 1. The van der Waals surface area contributed by atoms with Gasteiger partial charge in [-0.3, -0.25) is 5.32 Å². The predicted molar refractivity (Wildman–Crippen MR) is 74.1 cm³/mol. The zero-order valence-corrected chi connectivity index (χ0v) is 11.2. The minimum absolute atomic E-state index is 0.211. The number of nitrogens with one attached hydrogen (secondary N) is 2. The van der Waals surface area contributed by atoms with Crippen LogP contribution in [-0.4, -0.2) is 23.8 Å². The van der Waals surface area contributed by atoms with E-state index in [9.17, 15) is 4.79 Å². The Morgan fingerprint density at radius 3 is 3.06 bits per heavy atom. The fourth-order valence-electron chi connectivity index (χ4n) is 1.44. The number of hydrogen-bond donors (Lipinski definition) is 2. The normalized spacial score (nSPS) is 10.5. The molecule has 0 aliphatic heterocycles. The molecule has 2 amide bonds. The van der Waals surface area contributed by atoms with Crippen LogP contribution in [0.4, 0.5) is 9.93 Å². The van der Waals surface area contributed by atoms with Crippen molar-refractivity contribution in [3.63, 3.8) is 0 Å². The third kappa shape index (κ3) is 2.70. The van der Waals surface area contributed by atoms with Gasteiger partial charge in [0.1, 0.15) is 0 Å². The number of hydrogen-bond acceptors (Lipinski definition) is 4. The Morgan fingerprint density at radius 1 is 1.53 bits per heavy atom. The lowest BCUT2D eigenvalue weighted by Gasteiger charge is -2.00. The molecule has 0 unspecified atom stereocenters. The molecule has 90 valence electrons. The van der Waals surface area contributed by atoms with Crippen molar-refractivity contribution >= 4 is 44.5 Å². The van der Waals surface area contributed by atoms with Crippen molar-refractivity contribution in [1.82, 2.24) is 10.3 Å². The molecule has 0 aliphatic carbocycles. The second kappa shape index (κ2) is 5.37. The molecule has 0 spiro atoms. The van der Waals surface area contributed by atoms with Crippen molar-refractivity contribution in [1.29, 1.82) is 0 Å². The smallest absolute Gasteiger partial charge is 0.321 e. The fraction of sp³-hybridized carbons (Fsp3) is 0.273. The van der Waals surface area contributed by atoms with Crippen molar-refractivity contribution in [2.45, 2.75) is 11.8 Å². The number of para-hydroxylation sites is 1. The van der Waals surface area contributed by atoms with E-state index in [0.29, 0.717) is 11.7 Å². The molecule has 0 radical (unpaired) electrons. The maximum atomic E-state index is 11.4. The van der Waals surface area contributed by atoms with Crippen LogP contribution in [0.15, 0.2) is 23.1 Å². The Morgan fingerprint density at radius 2 is 2.35 bits per heavy atom. The summed E-state index contributed by atoms with van der Waals surface area (Å²) < 4.78 is 1.09. The maximum absolute atomic E-state index is 11.4. The van der Waals surface area contributed by atoms with Crippen LogP contribution in [0.25, 0.3) is 10.2 Å². The number of thioether (sulfide) groups is 1. The van der Waals surface area contributed by atoms with Gasteiger partial charge in [0.15, 0.2) is 5.13 Å². The summed E-state index contributed by atoms with van der Waals surface area (Å²) in [6, 6.07) is 5.83. The van der Waals surface area contributed by atoms with E-state index in [1.54, 1.807) is 11.8 Å². The molecular weight excluding hydrogens is 254 g/mol. The average molecular weight is 267 g/mol. The van der Waals surface area contributed by atoms with Crippen molar-refractivity contribution in [3.8, 4) is 0 Å².